The standard InChI is InChI=1S/C18H22N4S/c1-11-6-7-12(2)17(8-11)22-14(4)16(9-20-22)21-13(3)18-10-19-15(5)23-18/h6-10,13,21H,1-5H3. The summed E-state index contributed by atoms with van der Waals surface area (Å²) in [5.41, 5.74) is 5.77. The molecule has 23 heavy (non-hydrogen) atoms. The van der Waals surface area contributed by atoms with E-state index >= 15 is 0 Å². The van der Waals surface area contributed by atoms with Crippen molar-refractivity contribution in [3.8, 4) is 5.69 Å². The van der Waals surface area contributed by atoms with Gasteiger partial charge in [-0.3, -0.25) is 0 Å². The number of rotatable bonds is 4. The monoisotopic (exact) mass is 326 g/mol. The topological polar surface area (TPSA) is 42.7 Å². The lowest BCUT2D eigenvalue weighted by molar-refractivity contribution is 0.837. The minimum absolute atomic E-state index is 0.219. The molecule has 0 radical (unpaired) electrons. The summed E-state index contributed by atoms with van der Waals surface area (Å²) in [5.74, 6) is 0. The van der Waals surface area contributed by atoms with E-state index in [0.29, 0.717) is 0 Å². The molecule has 1 aromatic carbocycles. The molecule has 1 unspecified atom stereocenters. The van der Waals surface area contributed by atoms with E-state index in [4.69, 9.17) is 0 Å². The highest BCUT2D eigenvalue weighted by atomic mass is 32.1. The molecule has 0 aliphatic heterocycles. The van der Waals surface area contributed by atoms with Crippen LogP contribution in [-0.2, 0) is 0 Å². The van der Waals surface area contributed by atoms with Gasteiger partial charge in [0.05, 0.1) is 34.3 Å². The van der Waals surface area contributed by atoms with Crippen LogP contribution in [0.4, 0.5) is 5.69 Å². The third kappa shape index (κ3) is 3.15. The first-order valence-corrected chi connectivity index (χ1v) is 8.58. The highest BCUT2D eigenvalue weighted by molar-refractivity contribution is 7.11. The van der Waals surface area contributed by atoms with Crippen LogP contribution in [-0.4, -0.2) is 14.8 Å². The minimum Gasteiger partial charge on any atom is -0.375 e. The van der Waals surface area contributed by atoms with Crippen LogP contribution in [0.15, 0.2) is 30.6 Å². The first-order chi connectivity index (χ1) is 11.0. The lowest BCUT2D eigenvalue weighted by Gasteiger charge is -2.14. The van der Waals surface area contributed by atoms with Crippen LogP contribution in [0.3, 0.4) is 0 Å². The van der Waals surface area contributed by atoms with Gasteiger partial charge in [-0.2, -0.15) is 5.10 Å². The van der Waals surface area contributed by atoms with Gasteiger partial charge in [0.1, 0.15) is 0 Å². The molecule has 120 valence electrons. The number of hydrogen-bond donors (Lipinski definition) is 1. The molecule has 0 fully saturated rings. The molecule has 4 nitrogen and oxygen atoms in total. The van der Waals surface area contributed by atoms with E-state index in [1.165, 1.54) is 16.0 Å². The summed E-state index contributed by atoms with van der Waals surface area (Å²) >= 11 is 1.73. The molecule has 1 atom stereocenters. The fourth-order valence-corrected chi connectivity index (χ4v) is 3.41. The zero-order valence-electron chi connectivity index (χ0n) is 14.2. The van der Waals surface area contributed by atoms with Crippen LogP contribution < -0.4 is 5.32 Å². The van der Waals surface area contributed by atoms with Crippen molar-refractivity contribution >= 4 is 17.0 Å². The number of nitrogens with one attached hydrogen (secondary N) is 1. The summed E-state index contributed by atoms with van der Waals surface area (Å²) in [7, 11) is 0. The molecule has 0 spiro atoms. The molecule has 0 saturated carbocycles. The number of thiazole rings is 1. The second-order valence-corrected chi connectivity index (χ2v) is 7.26. The van der Waals surface area contributed by atoms with Gasteiger partial charge < -0.3 is 5.32 Å². The SMILES string of the molecule is Cc1ccc(C)c(-n2ncc(NC(C)c3cnc(C)s3)c2C)c1. The maximum atomic E-state index is 4.58. The molecule has 0 saturated heterocycles. The van der Waals surface area contributed by atoms with Crippen molar-refractivity contribution in [1.29, 1.82) is 0 Å². The number of nitrogens with zero attached hydrogens (tertiary/aromatic N) is 3. The molecule has 3 aromatic rings. The molecule has 0 aliphatic carbocycles. The van der Waals surface area contributed by atoms with Crippen molar-refractivity contribution in [2.45, 2.75) is 40.7 Å². The Morgan fingerprint density at radius 1 is 1.13 bits per heavy atom. The normalized spacial score (nSPS) is 12.4. The fraction of sp³-hybridized carbons (Fsp3) is 0.333. The molecule has 3 rings (SSSR count). The molecule has 0 bridgehead atoms. The average Bonchev–Trinajstić information content (AvgIpc) is 3.09. The molecule has 5 heteroatoms. The van der Waals surface area contributed by atoms with E-state index in [-0.39, 0.29) is 6.04 Å². The first kappa shape index (κ1) is 15.7. The van der Waals surface area contributed by atoms with E-state index < -0.39 is 0 Å². The number of benzene rings is 1. The third-order valence-corrected chi connectivity index (χ3v) is 5.14. The molecule has 0 aliphatic rings. The van der Waals surface area contributed by atoms with E-state index in [0.717, 1.165) is 22.1 Å². The predicted octanol–water partition coefficient (Wildman–Crippen LogP) is 4.74. The van der Waals surface area contributed by atoms with Crippen molar-refractivity contribution < 1.29 is 0 Å². The van der Waals surface area contributed by atoms with Gasteiger partial charge in [0.15, 0.2) is 0 Å². The number of hydrogen-bond acceptors (Lipinski definition) is 4. The smallest absolute Gasteiger partial charge is 0.0897 e. The molecule has 2 aromatic heterocycles. The van der Waals surface area contributed by atoms with E-state index in [1.54, 1.807) is 11.3 Å². The highest BCUT2D eigenvalue weighted by Crippen LogP contribution is 2.27. The molecule has 0 amide bonds. The van der Waals surface area contributed by atoms with Gasteiger partial charge in [-0.05, 0) is 51.8 Å². The van der Waals surface area contributed by atoms with Gasteiger partial charge in [-0.15, -0.1) is 11.3 Å². The Hall–Kier alpha value is -2.14. The van der Waals surface area contributed by atoms with Gasteiger partial charge in [-0.1, -0.05) is 12.1 Å². The maximum absolute atomic E-state index is 4.58. The van der Waals surface area contributed by atoms with Crippen LogP contribution in [0, 0.1) is 27.7 Å². The van der Waals surface area contributed by atoms with Crippen LogP contribution in [0.25, 0.3) is 5.69 Å². The van der Waals surface area contributed by atoms with Gasteiger partial charge in [0.25, 0.3) is 0 Å². The predicted molar refractivity (Wildman–Crippen MR) is 96.7 cm³/mol. The number of anilines is 1. The molecular weight excluding hydrogens is 304 g/mol. The van der Waals surface area contributed by atoms with E-state index in [1.807, 2.05) is 24.0 Å². The second-order valence-electron chi connectivity index (χ2n) is 5.99. The van der Waals surface area contributed by atoms with Crippen molar-refractivity contribution in [1.82, 2.24) is 14.8 Å². The first-order valence-electron chi connectivity index (χ1n) is 7.77. The third-order valence-electron chi connectivity index (χ3n) is 4.04. The average molecular weight is 326 g/mol. The molecule has 1 N–H and O–H groups in total. The van der Waals surface area contributed by atoms with Crippen LogP contribution in [0.2, 0.25) is 0 Å². The van der Waals surface area contributed by atoms with E-state index in [2.05, 4.69) is 61.3 Å². The fourth-order valence-electron chi connectivity index (χ4n) is 2.62. The number of aromatic nitrogens is 3. The summed E-state index contributed by atoms with van der Waals surface area (Å²) in [4.78, 5) is 5.57. The van der Waals surface area contributed by atoms with Gasteiger partial charge in [0, 0.05) is 11.1 Å². The molecule has 2 heterocycles. The van der Waals surface area contributed by atoms with Crippen molar-refractivity contribution in [2.75, 3.05) is 5.32 Å². The number of aryl methyl sites for hydroxylation is 3. The zero-order valence-corrected chi connectivity index (χ0v) is 15.0. The summed E-state index contributed by atoms with van der Waals surface area (Å²) < 4.78 is 2.01. The maximum Gasteiger partial charge on any atom is 0.0897 e. The Labute approximate surface area is 141 Å². The Kier molecular flexibility index (Phi) is 4.22. The lowest BCUT2D eigenvalue weighted by atomic mass is 10.1. The van der Waals surface area contributed by atoms with Crippen LogP contribution in [0.5, 0.6) is 0 Å². The summed E-state index contributed by atoms with van der Waals surface area (Å²) in [6.07, 6.45) is 3.85. The van der Waals surface area contributed by atoms with E-state index in [9.17, 15) is 0 Å². The minimum atomic E-state index is 0.219. The summed E-state index contributed by atoms with van der Waals surface area (Å²) in [6, 6.07) is 6.66. The van der Waals surface area contributed by atoms with Crippen molar-refractivity contribution in [2.24, 2.45) is 0 Å². The summed E-state index contributed by atoms with van der Waals surface area (Å²) in [5, 5.41) is 9.23. The quantitative estimate of drug-likeness (QED) is 0.753. The Balaban J connectivity index is 1.89. The lowest BCUT2D eigenvalue weighted by Crippen LogP contribution is -2.07. The van der Waals surface area contributed by atoms with Gasteiger partial charge in [0.2, 0.25) is 0 Å². The van der Waals surface area contributed by atoms with Crippen molar-refractivity contribution in [3.63, 3.8) is 0 Å². The van der Waals surface area contributed by atoms with Gasteiger partial charge >= 0.3 is 0 Å². The van der Waals surface area contributed by atoms with Gasteiger partial charge in [-0.25, -0.2) is 9.67 Å². The van der Waals surface area contributed by atoms with Crippen LogP contribution in [0.1, 0.15) is 39.7 Å². The Bertz CT molecular complexity index is 831. The van der Waals surface area contributed by atoms with Crippen molar-refractivity contribution in [3.05, 3.63) is 57.3 Å². The largest absolute Gasteiger partial charge is 0.375 e. The Morgan fingerprint density at radius 3 is 2.61 bits per heavy atom. The van der Waals surface area contributed by atoms with Crippen LogP contribution >= 0.6 is 11.3 Å². The second kappa shape index (κ2) is 6.16. The highest BCUT2D eigenvalue weighted by Gasteiger charge is 2.14. The molecular formula is C18H22N4S. The Morgan fingerprint density at radius 2 is 1.91 bits per heavy atom. The summed E-state index contributed by atoms with van der Waals surface area (Å²) in [6.45, 7) is 10.5. The zero-order chi connectivity index (χ0) is 16.6.